The third-order valence-electron chi connectivity index (χ3n) is 3.92. The van der Waals surface area contributed by atoms with Crippen LogP contribution in [0.5, 0.6) is 11.5 Å². The minimum absolute atomic E-state index is 0.0689. The Hall–Kier alpha value is -2.93. The van der Waals surface area contributed by atoms with Crippen LogP contribution in [-0.4, -0.2) is 39.1 Å². The van der Waals surface area contributed by atoms with Crippen LogP contribution in [0.2, 0.25) is 0 Å². The highest BCUT2D eigenvalue weighted by Crippen LogP contribution is 2.33. The van der Waals surface area contributed by atoms with Crippen LogP contribution in [-0.2, 0) is 9.84 Å². The molecule has 0 bridgehead atoms. The van der Waals surface area contributed by atoms with Gasteiger partial charge in [0.05, 0.1) is 14.2 Å². The van der Waals surface area contributed by atoms with Gasteiger partial charge in [0.15, 0.2) is 14.9 Å². The molecule has 0 saturated carbocycles. The van der Waals surface area contributed by atoms with Gasteiger partial charge in [0.1, 0.15) is 17.2 Å². The maximum atomic E-state index is 11.9. The van der Waals surface area contributed by atoms with Crippen LogP contribution < -0.4 is 9.47 Å². The van der Waals surface area contributed by atoms with E-state index in [1.54, 1.807) is 20.3 Å². The van der Waals surface area contributed by atoms with Gasteiger partial charge in [0.2, 0.25) is 0 Å². The first-order chi connectivity index (χ1) is 12.4. The van der Waals surface area contributed by atoms with Crippen molar-refractivity contribution in [2.45, 2.75) is 5.03 Å². The summed E-state index contributed by atoms with van der Waals surface area (Å²) in [6.45, 7) is 0. The fraction of sp³-hybridized carbons (Fsp3) is 0.158. The van der Waals surface area contributed by atoms with Crippen molar-refractivity contribution >= 4 is 9.84 Å². The number of hydrogen-bond acceptors (Lipinski definition) is 6. The highest BCUT2D eigenvalue weighted by molar-refractivity contribution is 7.90. The summed E-state index contributed by atoms with van der Waals surface area (Å²) in [6.07, 6.45) is 1.11. The van der Waals surface area contributed by atoms with E-state index < -0.39 is 9.84 Å². The number of rotatable bonds is 5. The normalized spacial score (nSPS) is 11.2. The Morgan fingerprint density at radius 1 is 0.769 bits per heavy atom. The van der Waals surface area contributed by atoms with Crippen molar-refractivity contribution in [1.82, 2.24) is 10.2 Å². The van der Waals surface area contributed by atoms with Crippen molar-refractivity contribution in [3.05, 3.63) is 54.6 Å². The van der Waals surface area contributed by atoms with Gasteiger partial charge in [-0.15, -0.1) is 10.2 Å². The van der Waals surface area contributed by atoms with Crippen molar-refractivity contribution < 1.29 is 17.9 Å². The molecule has 3 aromatic rings. The molecule has 0 aliphatic carbocycles. The molecule has 134 valence electrons. The number of aromatic nitrogens is 2. The number of sulfone groups is 1. The lowest BCUT2D eigenvalue weighted by atomic mass is 10.00. The van der Waals surface area contributed by atoms with Gasteiger partial charge >= 0.3 is 0 Å². The lowest BCUT2D eigenvalue weighted by Crippen LogP contribution is -2.04. The lowest BCUT2D eigenvalue weighted by Gasteiger charge is -2.11. The Morgan fingerprint density at radius 2 is 1.27 bits per heavy atom. The highest BCUT2D eigenvalue weighted by atomic mass is 32.2. The number of methoxy groups -OCH3 is 2. The van der Waals surface area contributed by atoms with Crippen molar-refractivity contribution in [1.29, 1.82) is 0 Å². The van der Waals surface area contributed by atoms with Crippen LogP contribution in [0.15, 0.2) is 59.6 Å². The standard InChI is InChI=1S/C19H18N2O4S/c1-24-15-8-4-13(5-9-15)17-12-18(26(3,22)23)20-21-19(17)14-6-10-16(25-2)11-7-14/h4-12H,1-3H3. The predicted octanol–water partition coefficient (Wildman–Crippen LogP) is 3.23. The van der Waals surface area contributed by atoms with Crippen LogP contribution in [0.1, 0.15) is 0 Å². The third kappa shape index (κ3) is 3.67. The number of ether oxygens (including phenoxy) is 2. The van der Waals surface area contributed by atoms with Gasteiger partial charge in [-0.2, -0.15) is 0 Å². The van der Waals surface area contributed by atoms with E-state index in [4.69, 9.17) is 9.47 Å². The zero-order valence-corrected chi connectivity index (χ0v) is 15.4. The first-order valence-corrected chi connectivity index (χ1v) is 9.68. The molecule has 0 saturated heterocycles. The van der Waals surface area contributed by atoms with Gasteiger partial charge < -0.3 is 9.47 Å². The lowest BCUT2D eigenvalue weighted by molar-refractivity contribution is 0.414. The van der Waals surface area contributed by atoms with E-state index in [0.717, 1.165) is 23.1 Å². The Morgan fingerprint density at radius 3 is 1.73 bits per heavy atom. The van der Waals surface area contributed by atoms with E-state index in [-0.39, 0.29) is 5.03 Å². The van der Waals surface area contributed by atoms with Crippen LogP contribution >= 0.6 is 0 Å². The first-order valence-electron chi connectivity index (χ1n) is 7.79. The van der Waals surface area contributed by atoms with E-state index in [9.17, 15) is 8.42 Å². The fourth-order valence-corrected chi connectivity index (χ4v) is 3.03. The second kappa shape index (κ2) is 7.13. The molecule has 0 spiro atoms. The molecule has 6 nitrogen and oxygen atoms in total. The molecule has 3 rings (SSSR count). The Bertz CT molecular complexity index is 1010. The quantitative estimate of drug-likeness (QED) is 0.686. The van der Waals surface area contributed by atoms with Gasteiger partial charge in [-0.05, 0) is 48.0 Å². The molecule has 0 N–H and O–H groups in total. The molecule has 0 radical (unpaired) electrons. The molecule has 1 aromatic heterocycles. The molecule has 0 unspecified atom stereocenters. The predicted molar refractivity (Wildman–Crippen MR) is 99.1 cm³/mol. The van der Waals surface area contributed by atoms with E-state index in [1.807, 2.05) is 48.5 Å². The van der Waals surface area contributed by atoms with Gasteiger partial charge in [0, 0.05) is 17.4 Å². The molecule has 0 aliphatic rings. The summed E-state index contributed by atoms with van der Waals surface area (Å²) in [5.74, 6) is 1.44. The molecule has 0 fully saturated rings. The SMILES string of the molecule is COc1ccc(-c2cc(S(C)(=O)=O)nnc2-c2ccc(OC)cc2)cc1. The Labute approximate surface area is 152 Å². The molecular weight excluding hydrogens is 352 g/mol. The van der Waals surface area contributed by atoms with Gasteiger partial charge in [-0.25, -0.2) is 8.42 Å². The third-order valence-corrected chi connectivity index (χ3v) is 4.88. The van der Waals surface area contributed by atoms with Gasteiger partial charge in [0.25, 0.3) is 0 Å². The topological polar surface area (TPSA) is 78.4 Å². The molecule has 26 heavy (non-hydrogen) atoms. The Balaban J connectivity index is 2.19. The van der Waals surface area contributed by atoms with Gasteiger partial charge in [-0.1, -0.05) is 12.1 Å². The average Bonchev–Trinajstić information content (AvgIpc) is 2.67. The summed E-state index contributed by atoms with van der Waals surface area (Å²) in [4.78, 5) is 0. The average molecular weight is 370 g/mol. The second-order valence-electron chi connectivity index (χ2n) is 5.67. The van der Waals surface area contributed by atoms with Crippen molar-refractivity contribution in [3.63, 3.8) is 0 Å². The van der Waals surface area contributed by atoms with Gasteiger partial charge in [-0.3, -0.25) is 0 Å². The van der Waals surface area contributed by atoms with Crippen LogP contribution in [0.3, 0.4) is 0 Å². The summed E-state index contributed by atoms with van der Waals surface area (Å²) in [5.41, 5.74) is 2.89. The Kier molecular flexibility index (Phi) is 4.90. The molecular formula is C19H18N2O4S. The van der Waals surface area contributed by atoms with E-state index in [1.165, 1.54) is 0 Å². The molecule has 1 heterocycles. The zero-order valence-electron chi connectivity index (χ0n) is 14.6. The summed E-state index contributed by atoms with van der Waals surface area (Å²) in [5, 5.41) is 8.01. The van der Waals surface area contributed by atoms with E-state index in [0.29, 0.717) is 17.0 Å². The summed E-state index contributed by atoms with van der Waals surface area (Å²) in [7, 11) is -0.288. The minimum Gasteiger partial charge on any atom is -0.497 e. The minimum atomic E-state index is -3.47. The largest absolute Gasteiger partial charge is 0.497 e. The molecule has 0 aliphatic heterocycles. The van der Waals surface area contributed by atoms with Crippen molar-refractivity contribution in [3.8, 4) is 33.9 Å². The zero-order chi connectivity index (χ0) is 18.7. The summed E-state index contributed by atoms with van der Waals surface area (Å²) < 4.78 is 34.2. The van der Waals surface area contributed by atoms with E-state index >= 15 is 0 Å². The molecule has 0 atom stereocenters. The summed E-state index contributed by atoms with van der Waals surface area (Å²) in [6, 6.07) is 16.2. The molecule has 7 heteroatoms. The maximum absolute atomic E-state index is 11.9. The highest BCUT2D eigenvalue weighted by Gasteiger charge is 2.17. The van der Waals surface area contributed by atoms with E-state index in [2.05, 4.69) is 10.2 Å². The first kappa shape index (κ1) is 17.9. The second-order valence-corrected chi connectivity index (χ2v) is 7.64. The smallest absolute Gasteiger partial charge is 0.194 e. The number of hydrogen-bond donors (Lipinski definition) is 0. The summed E-state index contributed by atoms with van der Waals surface area (Å²) >= 11 is 0. The number of nitrogens with zero attached hydrogens (tertiary/aromatic N) is 2. The van der Waals surface area contributed by atoms with Crippen molar-refractivity contribution in [2.24, 2.45) is 0 Å². The number of benzene rings is 2. The molecule has 2 aromatic carbocycles. The van der Waals surface area contributed by atoms with Crippen LogP contribution in [0.4, 0.5) is 0 Å². The van der Waals surface area contributed by atoms with Crippen LogP contribution in [0, 0.1) is 0 Å². The monoisotopic (exact) mass is 370 g/mol. The van der Waals surface area contributed by atoms with Crippen LogP contribution in [0.25, 0.3) is 22.4 Å². The maximum Gasteiger partial charge on any atom is 0.194 e. The molecule has 0 amide bonds. The fourth-order valence-electron chi connectivity index (χ4n) is 2.51. The van der Waals surface area contributed by atoms with Crippen molar-refractivity contribution in [2.75, 3.05) is 20.5 Å².